The fourth-order valence-electron chi connectivity index (χ4n) is 4.16. The second-order valence-electron chi connectivity index (χ2n) is 8.33. The monoisotopic (exact) mass is 567 g/mol. The lowest BCUT2D eigenvalue weighted by molar-refractivity contribution is -0.117. The molecule has 3 heterocycles. The van der Waals surface area contributed by atoms with Gasteiger partial charge < -0.3 is 20.1 Å². The first-order valence-electron chi connectivity index (χ1n) is 10.9. The first-order valence-corrected chi connectivity index (χ1v) is 13.4. The summed E-state index contributed by atoms with van der Waals surface area (Å²) in [5.74, 6) is -0.293. The molecule has 0 spiro atoms. The van der Waals surface area contributed by atoms with Gasteiger partial charge in [0.1, 0.15) is 17.1 Å². The number of ether oxygens (including phenoxy) is 2. The second-order valence-corrected chi connectivity index (χ2v) is 11.2. The van der Waals surface area contributed by atoms with E-state index in [2.05, 4.69) is 27.2 Å². The number of pyridine rings is 1. The molecule has 11 nitrogen and oxygen atoms in total. The third-order valence-corrected chi connectivity index (χ3v) is 8.46. The number of benzene rings is 1. The maximum absolute atomic E-state index is 13.4. The van der Waals surface area contributed by atoms with E-state index in [1.54, 1.807) is 6.07 Å². The molecule has 4 rings (SSSR count). The summed E-state index contributed by atoms with van der Waals surface area (Å²) in [5.41, 5.74) is 0.249. The summed E-state index contributed by atoms with van der Waals surface area (Å²) in [4.78, 5) is 33.9. The normalized spacial score (nSPS) is 18.4. The average Bonchev–Trinajstić information content (AvgIpc) is 3.14. The van der Waals surface area contributed by atoms with Crippen LogP contribution < -0.4 is 25.7 Å². The van der Waals surface area contributed by atoms with E-state index >= 15 is 0 Å². The van der Waals surface area contributed by atoms with Crippen LogP contribution in [0.3, 0.4) is 0 Å². The van der Waals surface area contributed by atoms with Crippen LogP contribution in [0.25, 0.3) is 22.2 Å². The molecule has 2 atom stereocenters. The van der Waals surface area contributed by atoms with Crippen molar-refractivity contribution in [2.75, 3.05) is 31.0 Å². The maximum atomic E-state index is 13.4. The van der Waals surface area contributed by atoms with E-state index < -0.39 is 33.4 Å². The summed E-state index contributed by atoms with van der Waals surface area (Å²) in [5, 5.41) is 6.35. The Labute approximate surface area is 222 Å². The molecule has 196 valence electrons. The first kappa shape index (κ1) is 26.7. The predicted octanol–water partition coefficient (Wildman–Crippen LogP) is 2.20. The van der Waals surface area contributed by atoms with Crippen molar-refractivity contribution in [1.29, 1.82) is 0 Å². The number of aromatic nitrogens is 3. The minimum atomic E-state index is -3.40. The lowest BCUT2D eigenvalue weighted by Gasteiger charge is -2.20. The lowest BCUT2D eigenvalue weighted by Crippen LogP contribution is -2.45. The zero-order valence-corrected chi connectivity index (χ0v) is 22.4. The van der Waals surface area contributed by atoms with Crippen LogP contribution in [0.4, 0.5) is 5.95 Å². The van der Waals surface area contributed by atoms with Gasteiger partial charge in [-0.2, -0.15) is 4.98 Å². The largest absolute Gasteiger partial charge is 0.495 e. The first-order chi connectivity index (χ1) is 17.5. The van der Waals surface area contributed by atoms with Crippen molar-refractivity contribution in [3.63, 3.8) is 0 Å². The number of halogens is 2. The van der Waals surface area contributed by atoms with Gasteiger partial charge in [-0.15, -0.1) is 0 Å². The number of carbonyl (C=O) groups excluding carboxylic acids is 1. The summed E-state index contributed by atoms with van der Waals surface area (Å²) in [6.07, 6.45) is 2.55. The number of aryl methyl sites for hydroxylation is 1. The molecule has 1 aliphatic heterocycles. The van der Waals surface area contributed by atoms with Crippen molar-refractivity contribution in [2.24, 2.45) is 7.05 Å². The molecular formula is C23H23Cl2N5O6S. The lowest BCUT2D eigenvalue weighted by atomic mass is 10.0. The number of sulfone groups is 1. The molecule has 1 aliphatic rings. The Kier molecular flexibility index (Phi) is 7.36. The smallest absolute Gasteiger partial charge is 0.259 e. The second kappa shape index (κ2) is 10.2. The third kappa shape index (κ3) is 5.09. The predicted molar refractivity (Wildman–Crippen MR) is 142 cm³/mol. The molecule has 3 aromatic rings. The van der Waals surface area contributed by atoms with Crippen molar-refractivity contribution in [3.8, 4) is 22.6 Å². The number of hydrogen-bond acceptors (Lipinski definition) is 9. The minimum Gasteiger partial charge on any atom is -0.495 e. The van der Waals surface area contributed by atoms with Crippen molar-refractivity contribution in [2.45, 2.75) is 12.1 Å². The van der Waals surface area contributed by atoms with Crippen molar-refractivity contribution in [3.05, 3.63) is 51.4 Å². The fraction of sp³-hybridized carbons (Fsp3) is 0.304. The number of carbonyl (C=O) groups is 1. The quantitative estimate of drug-likeness (QED) is 0.411. The molecule has 1 saturated heterocycles. The van der Waals surface area contributed by atoms with E-state index in [0.29, 0.717) is 5.39 Å². The number of methoxy groups -OCH3 is 2. The van der Waals surface area contributed by atoms with Crippen LogP contribution in [0.5, 0.6) is 11.5 Å². The van der Waals surface area contributed by atoms with E-state index in [4.69, 9.17) is 32.7 Å². The Hall–Kier alpha value is -3.35. The Balaban J connectivity index is 1.77. The van der Waals surface area contributed by atoms with Gasteiger partial charge in [-0.05, 0) is 12.1 Å². The highest BCUT2D eigenvalue weighted by Gasteiger charge is 2.38. The molecule has 0 saturated carbocycles. The van der Waals surface area contributed by atoms with Gasteiger partial charge in [-0.25, -0.2) is 13.4 Å². The van der Waals surface area contributed by atoms with Crippen LogP contribution >= 0.6 is 23.2 Å². The summed E-state index contributed by atoms with van der Waals surface area (Å²) in [7, 11) is 0.991. The molecule has 1 aromatic carbocycles. The van der Waals surface area contributed by atoms with Gasteiger partial charge in [0.05, 0.1) is 53.4 Å². The van der Waals surface area contributed by atoms with Crippen LogP contribution in [0, 0.1) is 0 Å². The topological polar surface area (TPSA) is 142 Å². The molecule has 2 aromatic heterocycles. The van der Waals surface area contributed by atoms with E-state index in [1.165, 1.54) is 38.1 Å². The van der Waals surface area contributed by atoms with Crippen molar-refractivity contribution < 1.29 is 22.7 Å². The highest BCUT2D eigenvalue weighted by atomic mass is 35.5. The Morgan fingerprint density at radius 1 is 1.16 bits per heavy atom. The number of fused-ring (bicyclic) bond motifs is 1. The molecule has 0 radical (unpaired) electrons. The summed E-state index contributed by atoms with van der Waals surface area (Å²) in [6, 6.07) is 1.70. The zero-order chi connectivity index (χ0) is 27.1. The van der Waals surface area contributed by atoms with E-state index in [1.807, 2.05) is 0 Å². The summed E-state index contributed by atoms with van der Waals surface area (Å²) >= 11 is 13.0. The van der Waals surface area contributed by atoms with Crippen molar-refractivity contribution >= 4 is 55.9 Å². The van der Waals surface area contributed by atoms with E-state index in [-0.39, 0.29) is 55.8 Å². The maximum Gasteiger partial charge on any atom is 0.259 e. The zero-order valence-electron chi connectivity index (χ0n) is 20.0. The molecule has 1 fully saturated rings. The third-order valence-electron chi connectivity index (χ3n) is 5.97. The molecule has 2 N–H and O–H groups in total. The molecule has 1 amide bonds. The highest BCUT2D eigenvalue weighted by Crippen LogP contribution is 2.45. The Morgan fingerprint density at radius 3 is 2.38 bits per heavy atom. The number of nitrogens with one attached hydrogen (secondary N) is 2. The van der Waals surface area contributed by atoms with Gasteiger partial charge in [0.15, 0.2) is 9.84 Å². The minimum absolute atomic E-state index is 0.0920. The number of amides is 1. The number of anilines is 1. The Morgan fingerprint density at radius 2 is 1.78 bits per heavy atom. The number of hydrogen-bond donors (Lipinski definition) is 2. The van der Waals surface area contributed by atoms with Gasteiger partial charge in [-0.1, -0.05) is 29.8 Å². The Bertz CT molecular complexity index is 1560. The molecule has 37 heavy (non-hydrogen) atoms. The number of nitrogens with zero attached hydrogens (tertiary/aromatic N) is 3. The fourth-order valence-corrected chi connectivity index (χ4v) is 6.72. The summed E-state index contributed by atoms with van der Waals surface area (Å²) < 4.78 is 36.3. The standard InChI is InChI=1S/C23H23Cl2N5O6S/c1-5-17(31)27-13-9-37(33,34)10-14(13)28-23-26-8-11-6-12(22(32)30(2)21(11)29-23)18-19(24)15(35-3)7-16(36-4)20(18)25/h5-8,13-14H,1,9-10H2,2-4H3,(H,27,31)(H,26,28,29). The van der Waals surface area contributed by atoms with Gasteiger partial charge in [-0.3, -0.25) is 14.2 Å². The highest BCUT2D eigenvalue weighted by molar-refractivity contribution is 7.91. The average molecular weight is 568 g/mol. The molecule has 14 heteroatoms. The molecule has 0 bridgehead atoms. The van der Waals surface area contributed by atoms with Gasteiger partial charge >= 0.3 is 0 Å². The SMILES string of the molecule is C=CC(=O)NC1CS(=O)(=O)CC1Nc1ncc2cc(-c3c(Cl)c(OC)cc(OC)c3Cl)c(=O)n(C)c2n1. The van der Waals surface area contributed by atoms with E-state index in [0.717, 1.165) is 6.08 Å². The van der Waals surface area contributed by atoms with Crippen LogP contribution in [0.2, 0.25) is 10.0 Å². The van der Waals surface area contributed by atoms with Gasteiger partial charge in [0.2, 0.25) is 11.9 Å². The number of rotatable bonds is 7. The van der Waals surface area contributed by atoms with Crippen LogP contribution in [-0.2, 0) is 21.7 Å². The van der Waals surface area contributed by atoms with Crippen LogP contribution in [-0.4, -0.2) is 66.7 Å². The van der Waals surface area contributed by atoms with Gasteiger partial charge in [0, 0.05) is 30.3 Å². The van der Waals surface area contributed by atoms with Crippen molar-refractivity contribution in [1.82, 2.24) is 19.9 Å². The molecule has 0 aliphatic carbocycles. The van der Waals surface area contributed by atoms with Crippen LogP contribution in [0.1, 0.15) is 0 Å². The molecular weight excluding hydrogens is 545 g/mol. The molecule has 2 unspecified atom stereocenters. The van der Waals surface area contributed by atoms with Gasteiger partial charge in [0.25, 0.3) is 5.56 Å². The van der Waals surface area contributed by atoms with E-state index in [9.17, 15) is 18.0 Å². The van der Waals surface area contributed by atoms with Crippen LogP contribution in [0.15, 0.2) is 35.8 Å². The summed E-state index contributed by atoms with van der Waals surface area (Å²) in [6.45, 7) is 3.39.